The van der Waals surface area contributed by atoms with Gasteiger partial charge >= 0.3 is 11.9 Å². The van der Waals surface area contributed by atoms with Crippen molar-refractivity contribution in [2.75, 3.05) is 13.1 Å². The minimum Gasteiger partial charge on any atom is -0.457 e. The predicted molar refractivity (Wildman–Crippen MR) is 120 cm³/mol. The second-order valence-electron chi connectivity index (χ2n) is 8.08. The molecule has 0 radical (unpaired) electrons. The van der Waals surface area contributed by atoms with Crippen LogP contribution < -0.4 is 0 Å². The molecule has 2 aromatic carbocycles. The molecule has 0 aliphatic carbocycles. The second-order valence-corrected chi connectivity index (χ2v) is 8.08. The van der Waals surface area contributed by atoms with Gasteiger partial charge in [0, 0.05) is 38.8 Å². The van der Waals surface area contributed by atoms with Gasteiger partial charge in [0.1, 0.15) is 6.10 Å². The van der Waals surface area contributed by atoms with Gasteiger partial charge in [-0.2, -0.15) is 0 Å². The van der Waals surface area contributed by atoms with Crippen molar-refractivity contribution in [2.45, 2.75) is 64.2 Å². The van der Waals surface area contributed by atoms with E-state index in [0.717, 1.165) is 30.6 Å². The van der Waals surface area contributed by atoms with Gasteiger partial charge in [0.05, 0.1) is 6.04 Å². The molecule has 0 bridgehead atoms. The molecule has 0 amide bonds. The van der Waals surface area contributed by atoms with E-state index in [-0.39, 0.29) is 24.1 Å². The third kappa shape index (κ3) is 5.34. The summed E-state index contributed by atoms with van der Waals surface area (Å²) < 4.78 is 11.8. The Kier molecular flexibility index (Phi) is 7.85. The van der Waals surface area contributed by atoms with Gasteiger partial charge in [-0.3, -0.25) is 14.5 Å². The van der Waals surface area contributed by atoms with E-state index in [0.29, 0.717) is 19.3 Å². The zero-order valence-electron chi connectivity index (χ0n) is 18.8. The summed E-state index contributed by atoms with van der Waals surface area (Å²) in [5.74, 6) is -0.379. The van der Waals surface area contributed by atoms with E-state index in [4.69, 9.17) is 9.47 Å². The standard InChI is InChI=1S/C26H33NO4/c1-4-24(28)30-23(21-12-8-6-9-13-21)16-18-27-19-17-26(20(27)3,31-25(29)5-2)22-14-10-7-11-15-22/h6-15,20,23H,4-5,16-19H2,1-3H3. The first-order valence-corrected chi connectivity index (χ1v) is 11.3. The zero-order chi connectivity index (χ0) is 22.3. The third-order valence-corrected chi connectivity index (χ3v) is 6.25. The van der Waals surface area contributed by atoms with E-state index in [1.807, 2.05) is 74.5 Å². The molecule has 1 heterocycles. The minimum absolute atomic E-state index is 0.0173. The van der Waals surface area contributed by atoms with Crippen LogP contribution in [0.15, 0.2) is 60.7 Å². The van der Waals surface area contributed by atoms with Gasteiger partial charge in [-0.05, 0) is 18.1 Å². The van der Waals surface area contributed by atoms with Crippen LogP contribution in [0, 0.1) is 0 Å². The Balaban J connectivity index is 1.77. The number of benzene rings is 2. The maximum absolute atomic E-state index is 12.3. The molecule has 3 atom stereocenters. The SMILES string of the molecule is CCC(=O)OC(CCN1CCC(OC(=O)CC)(c2ccccc2)C1C)c1ccccc1. The molecular formula is C26H33NO4. The molecular weight excluding hydrogens is 390 g/mol. The van der Waals surface area contributed by atoms with E-state index < -0.39 is 5.60 Å². The Hall–Kier alpha value is -2.66. The Morgan fingerprint density at radius 2 is 1.61 bits per heavy atom. The molecule has 3 rings (SSSR count). The average molecular weight is 424 g/mol. The highest BCUT2D eigenvalue weighted by Gasteiger charge is 2.49. The van der Waals surface area contributed by atoms with Crippen molar-refractivity contribution in [3.05, 3.63) is 71.8 Å². The normalized spacial score (nSPS) is 22.1. The number of carbonyl (C=O) groups is 2. The molecule has 31 heavy (non-hydrogen) atoms. The van der Waals surface area contributed by atoms with Gasteiger partial charge in [-0.15, -0.1) is 0 Å². The van der Waals surface area contributed by atoms with E-state index in [1.165, 1.54) is 0 Å². The number of carbonyl (C=O) groups excluding carboxylic acids is 2. The van der Waals surface area contributed by atoms with Crippen molar-refractivity contribution in [1.29, 1.82) is 0 Å². The Morgan fingerprint density at radius 1 is 1.00 bits per heavy atom. The fourth-order valence-corrected chi connectivity index (χ4v) is 4.38. The topological polar surface area (TPSA) is 55.8 Å². The molecule has 5 heteroatoms. The van der Waals surface area contributed by atoms with Crippen LogP contribution in [0.25, 0.3) is 0 Å². The monoisotopic (exact) mass is 423 g/mol. The third-order valence-electron chi connectivity index (χ3n) is 6.25. The van der Waals surface area contributed by atoms with Crippen molar-refractivity contribution in [3.63, 3.8) is 0 Å². The molecule has 0 N–H and O–H groups in total. The van der Waals surface area contributed by atoms with Crippen molar-refractivity contribution >= 4 is 11.9 Å². The molecule has 166 valence electrons. The summed E-state index contributed by atoms with van der Waals surface area (Å²) in [6.45, 7) is 7.32. The number of likely N-dealkylation sites (tertiary alicyclic amines) is 1. The number of hydrogen-bond donors (Lipinski definition) is 0. The van der Waals surface area contributed by atoms with Crippen LogP contribution in [-0.4, -0.2) is 36.0 Å². The van der Waals surface area contributed by atoms with E-state index >= 15 is 0 Å². The summed E-state index contributed by atoms with van der Waals surface area (Å²) in [5, 5.41) is 0. The smallest absolute Gasteiger partial charge is 0.306 e. The summed E-state index contributed by atoms with van der Waals surface area (Å²) >= 11 is 0. The molecule has 1 aliphatic rings. The van der Waals surface area contributed by atoms with Gasteiger partial charge in [0.25, 0.3) is 0 Å². The van der Waals surface area contributed by atoms with Gasteiger partial charge in [0.15, 0.2) is 5.60 Å². The summed E-state index contributed by atoms with van der Waals surface area (Å²) in [5.41, 5.74) is 1.38. The number of hydrogen-bond acceptors (Lipinski definition) is 5. The van der Waals surface area contributed by atoms with Crippen LogP contribution in [0.3, 0.4) is 0 Å². The number of esters is 2. The molecule has 0 saturated carbocycles. The van der Waals surface area contributed by atoms with Gasteiger partial charge < -0.3 is 9.47 Å². The fraction of sp³-hybridized carbons (Fsp3) is 0.462. The van der Waals surface area contributed by atoms with Crippen LogP contribution >= 0.6 is 0 Å². The highest BCUT2D eigenvalue weighted by molar-refractivity contribution is 5.70. The lowest BCUT2D eigenvalue weighted by Gasteiger charge is -2.36. The molecule has 0 aromatic heterocycles. The Morgan fingerprint density at radius 3 is 2.23 bits per heavy atom. The Labute approximate surface area is 185 Å². The average Bonchev–Trinajstić information content (AvgIpc) is 3.13. The van der Waals surface area contributed by atoms with Crippen molar-refractivity contribution in [3.8, 4) is 0 Å². The number of ether oxygens (including phenoxy) is 2. The van der Waals surface area contributed by atoms with E-state index in [2.05, 4.69) is 11.8 Å². The lowest BCUT2D eigenvalue weighted by molar-refractivity contribution is -0.163. The maximum Gasteiger partial charge on any atom is 0.306 e. The molecule has 3 unspecified atom stereocenters. The van der Waals surface area contributed by atoms with Crippen LogP contribution in [0.4, 0.5) is 0 Å². The minimum atomic E-state index is -0.656. The van der Waals surface area contributed by atoms with Gasteiger partial charge in [0.2, 0.25) is 0 Å². The Bertz CT molecular complexity index is 854. The lowest BCUT2D eigenvalue weighted by Crippen LogP contribution is -2.44. The van der Waals surface area contributed by atoms with E-state index in [9.17, 15) is 9.59 Å². The number of rotatable bonds is 9. The zero-order valence-corrected chi connectivity index (χ0v) is 18.8. The predicted octanol–water partition coefficient (Wildman–Crippen LogP) is 5.01. The quantitative estimate of drug-likeness (QED) is 0.531. The van der Waals surface area contributed by atoms with Crippen molar-refractivity contribution in [1.82, 2.24) is 4.90 Å². The number of nitrogens with zero attached hydrogens (tertiary/aromatic N) is 1. The highest BCUT2D eigenvalue weighted by Crippen LogP contribution is 2.42. The summed E-state index contributed by atoms with van der Waals surface area (Å²) in [4.78, 5) is 26.6. The molecule has 0 spiro atoms. The van der Waals surface area contributed by atoms with Gasteiger partial charge in [-0.25, -0.2) is 0 Å². The first-order chi connectivity index (χ1) is 15.0. The maximum atomic E-state index is 12.3. The molecule has 1 fully saturated rings. The molecule has 1 aliphatic heterocycles. The van der Waals surface area contributed by atoms with Crippen LogP contribution in [-0.2, 0) is 24.7 Å². The van der Waals surface area contributed by atoms with Crippen LogP contribution in [0.1, 0.15) is 63.7 Å². The van der Waals surface area contributed by atoms with Crippen molar-refractivity contribution < 1.29 is 19.1 Å². The van der Waals surface area contributed by atoms with Crippen LogP contribution in [0.2, 0.25) is 0 Å². The lowest BCUT2D eigenvalue weighted by atomic mass is 9.86. The second kappa shape index (κ2) is 10.6. The molecule has 2 aromatic rings. The first-order valence-electron chi connectivity index (χ1n) is 11.3. The summed E-state index contributed by atoms with van der Waals surface area (Å²) in [7, 11) is 0. The van der Waals surface area contributed by atoms with Gasteiger partial charge in [-0.1, -0.05) is 74.5 Å². The summed E-state index contributed by atoms with van der Waals surface area (Å²) in [6.07, 6.45) is 1.85. The molecule has 5 nitrogen and oxygen atoms in total. The first kappa shape index (κ1) is 23.0. The molecule has 1 saturated heterocycles. The summed E-state index contributed by atoms with van der Waals surface area (Å²) in [6, 6.07) is 19.9. The highest BCUT2D eigenvalue weighted by atomic mass is 16.6. The van der Waals surface area contributed by atoms with E-state index in [1.54, 1.807) is 0 Å². The van der Waals surface area contributed by atoms with Crippen LogP contribution in [0.5, 0.6) is 0 Å². The largest absolute Gasteiger partial charge is 0.457 e. The van der Waals surface area contributed by atoms with Crippen molar-refractivity contribution in [2.24, 2.45) is 0 Å². The fourth-order valence-electron chi connectivity index (χ4n) is 4.38.